The number of imidazole rings is 1. The van der Waals surface area contributed by atoms with Gasteiger partial charge in [-0.15, -0.1) is 11.3 Å². The molecule has 1 N–H and O–H groups in total. The van der Waals surface area contributed by atoms with E-state index in [-0.39, 0.29) is 5.91 Å². The maximum atomic E-state index is 12.5. The highest BCUT2D eigenvalue weighted by Crippen LogP contribution is 2.24. The van der Waals surface area contributed by atoms with E-state index in [0.717, 1.165) is 35.9 Å². The molecule has 1 aromatic carbocycles. The van der Waals surface area contributed by atoms with E-state index in [9.17, 15) is 4.79 Å². The monoisotopic (exact) mass is 356 g/mol. The van der Waals surface area contributed by atoms with E-state index in [4.69, 9.17) is 0 Å². The molecule has 6 heteroatoms. The first kappa shape index (κ1) is 17.6. The molecule has 0 unspecified atom stereocenters. The normalized spacial score (nSPS) is 11.4. The molecule has 5 nitrogen and oxygen atoms in total. The van der Waals surface area contributed by atoms with Crippen molar-refractivity contribution >= 4 is 22.2 Å². The summed E-state index contributed by atoms with van der Waals surface area (Å²) in [5.74, 6) is -0.0498. The molecule has 132 valence electrons. The van der Waals surface area contributed by atoms with Crippen molar-refractivity contribution in [1.82, 2.24) is 19.6 Å². The molecule has 2 heterocycles. The second-order valence-electron chi connectivity index (χ2n) is 6.05. The zero-order valence-electron chi connectivity index (χ0n) is 15.0. The van der Waals surface area contributed by atoms with Crippen LogP contribution in [-0.2, 0) is 0 Å². The minimum atomic E-state index is -0.0498. The molecular weight excluding hydrogens is 332 g/mol. The number of hydrogen-bond acceptors (Lipinski definition) is 4. The van der Waals surface area contributed by atoms with E-state index in [1.807, 2.05) is 16.0 Å². The standard InChI is InChI=1S/C19H24N4OS/c1-4-22(5-2)11-10-20-18(24)17-13-25-19-21-16(12-23(17)19)15-8-6-14(3)7-9-15/h6-9,12-13H,4-5,10-11H2,1-3H3,(H,20,24). The van der Waals surface area contributed by atoms with Crippen molar-refractivity contribution in [3.63, 3.8) is 0 Å². The Morgan fingerprint density at radius 1 is 1.24 bits per heavy atom. The molecule has 0 aliphatic heterocycles. The van der Waals surface area contributed by atoms with Crippen LogP contribution in [0, 0.1) is 6.92 Å². The first-order valence-electron chi connectivity index (χ1n) is 8.66. The van der Waals surface area contributed by atoms with Crippen LogP contribution in [0.1, 0.15) is 29.9 Å². The number of carbonyl (C=O) groups excluding carboxylic acids is 1. The molecule has 0 saturated heterocycles. The molecular formula is C19H24N4OS. The van der Waals surface area contributed by atoms with Gasteiger partial charge in [0.05, 0.1) is 5.69 Å². The number of hydrogen-bond donors (Lipinski definition) is 1. The van der Waals surface area contributed by atoms with Crippen LogP contribution in [-0.4, -0.2) is 46.4 Å². The third-order valence-corrected chi connectivity index (χ3v) is 5.24. The fraction of sp³-hybridized carbons (Fsp3) is 0.368. The average Bonchev–Trinajstić information content (AvgIpc) is 3.20. The first-order chi connectivity index (χ1) is 12.1. The fourth-order valence-corrected chi connectivity index (χ4v) is 3.62. The molecule has 0 aliphatic carbocycles. The Kier molecular flexibility index (Phi) is 5.50. The highest BCUT2D eigenvalue weighted by Gasteiger charge is 2.15. The number of likely N-dealkylation sites (N-methyl/N-ethyl adjacent to an activating group) is 1. The van der Waals surface area contributed by atoms with Crippen LogP contribution in [0.4, 0.5) is 0 Å². The van der Waals surface area contributed by atoms with Gasteiger partial charge in [0.25, 0.3) is 5.91 Å². The van der Waals surface area contributed by atoms with Gasteiger partial charge in [0.2, 0.25) is 0 Å². The van der Waals surface area contributed by atoms with Gasteiger partial charge in [-0.3, -0.25) is 9.20 Å². The number of nitrogens with one attached hydrogen (secondary N) is 1. The lowest BCUT2D eigenvalue weighted by Gasteiger charge is -2.17. The number of rotatable bonds is 7. The number of aryl methyl sites for hydroxylation is 1. The Morgan fingerprint density at radius 2 is 1.96 bits per heavy atom. The fourth-order valence-electron chi connectivity index (χ4n) is 2.77. The summed E-state index contributed by atoms with van der Waals surface area (Å²) >= 11 is 1.49. The molecule has 0 spiro atoms. The zero-order chi connectivity index (χ0) is 17.8. The summed E-state index contributed by atoms with van der Waals surface area (Å²) in [4.78, 5) is 20.3. The maximum Gasteiger partial charge on any atom is 0.269 e. The predicted molar refractivity (Wildman–Crippen MR) is 103 cm³/mol. The van der Waals surface area contributed by atoms with Crippen LogP contribution < -0.4 is 5.32 Å². The number of aromatic nitrogens is 2. The first-order valence-corrected chi connectivity index (χ1v) is 9.54. The second kappa shape index (κ2) is 7.80. The molecule has 0 fully saturated rings. The van der Waals surface area contributed by atoms with Crippen molar-refractivity contribution < 1.29 is 4.79 Å². The summed E-state index contributed by atoms with van der Waals surface area (Å²) in [7, 11) is 0. The predicted octanol–water partition coefficient (Wildman–Crippen LogP) is 3.44. The molecule has 0 atom stereocenters. The second-order valence-corrected chi connectivity index (χ2v) is 6.89. The zero-order valence-corrected chi connectivity index (χ0v) is 15.8. The molecule has 1 amide bonds. The van der Waals surface area contributed by atoms with Gasteiger partial charge in [-0.25, -0.2) is 4.98 Å². The van der Waals surface area contributed by atoms with Crippen molar-refractivity contribution in [2.24, 2.45) is 0 Å². The highest BCUT2D eigenvalue weighted by molar-refractivity contribution is 7.15. The van der Waals surface area contributed by atoms with Gasteiger partial charge < -0.3 is 10.2 Å². The number of benzene rings is 1. The Balaban J connectivity index is 1.74. The van der Waals surface area contributed by atoms with Crippen molar-refractivity contribution in [3.05, 3.63) is 47.1 Å². The lowest BCUT2D eigenvalue weighted by atomic mass is 10.1. The smallest absolute Gasteiger partial charge is 0.269 e. The molecule has 2 aromatic heterocycles. The van der Waals surface area contributed by atoms with Gasteiger partial charge in [0, 0.05) is 30.2 Å². The summed E-state index contributed by atoms with van der Waals surface area (Å²) in [6.07, 6.45) is 1.94. The minimum absolute atomic E-state index is 0.0498. The number of thiazole rings is 1. The van der Waals surface area contributed by atoms with E-state index in [2.05, 4.69) is 60.2 Å². The Bertz CT molecular complexity index is 846. The summed E-state index contributed by atoms with van der Waals surface area (Å²) in [6, 6.07) is 8.27. The van der Waals surface area contributed by atoms with E-state index in [1.54, 1.807) is 0 Å². The van der Waals surface area contributed by atoms with Crippen LogP contribution in [0.5, 0.6) is 0 Å². The lowest BCUT2D eigenvalue weighted by molar-refractivity contribution is 0.0943. The van der Waals surface area contributed by atoms with Gasteiger partial charge >= 0.3 is 0 Å². The van der Waals surface area contributed by atoms with Crippen LogP contribution in [0.15, 0.2) is 35.8 Å². The van der Waals surface area contributed by atoms with E-state index in [1.165, 1.54) is 16.9 Å². The molecule has 0 bridgehead atoms. The Labute approximate surface area is 152 Å². The van der Waals surface area contributed by atoms with Crippen molar-refractivity contribution in [2.45, 2.75) is 20.8 Å². The average molecular weight is 356 g/mol. The van der Waals surface area contributed by atoms with Crippen molar-refractivity contribution in [1.29, 1.82) is 0 Å². The lowest BCUT2D eigenvalue weighted by Crippen LogP contribution is -2.35. The molecule has 0 saturated carbocycles. The van der Waals surface area contributed by atoms with E-state index < -0.39 is 0 Å². The Hall–Kier alpha value is -2.18. The van der Waals surface area contributed by atoms with Crippen LogP contribution in [0.2, 0.25) is 0 Å². The SMILES string of the molecule is CCN(CC)CCNC(=O)c1csc2nc(-c3ccc(C)cc3)cn12. The summed E-state index contributed by atoms with van der Waals surface area (Å²) in [5, 5.41) is 4.88. The van der Waals surface area contributed by atoms with Gasteiger partial charge in [-0.1, -0.05) is 43.7 Å². The van der Waals surface area contributed by atoms with E-state index in [0.29, 0.717) is 12.2 Å². The van der Waals surface area contributed by atoms with Gasteiger partial charge in [-0.2, -0.15) is 0 Å². The molecule has 0 aliphatic rings. The maximum absolute atomic E-state index is 12.5. The third-order valence-electron chi connectivity index (χ3n) is 4.40. The van der Waals surface area contributed by atoms with Crippen LogP contribution in [0.3, 0.4) is 0 Å². The van der Waals surface area contributed by atoms with Gasteiger partial charge in [0.15, 0.2) is 4.96 Å². The topological polar surface area (TPSA) is 49.6 Å². The molecule has 3 aromatic rings. The van der Waals surface area contributed by atoms with Crippen LogP contribution in [0.25, 0.3) is 16.2 Å². The minimum Gasteiger partial charge on any atom is -0.349 e. The van der Waals surface area contributed by atoms with Crippen molar-refractivity contribution in [2.75, 3.05) is 26.2 Å². The number of amides is 1. The molecule has 3 rings (SSSR count). The summed E-state index contributed by atoms with van der Waals surface area (Å²) in [5.41, 5.74) is 3.82. The van der Waals surface area contributed by atoms with E-state index >= 15 is 0 Å². The highest BCUT2D eigenvalue weighted by atomic mass is 32.1. The van der Waals surface area contributed by atoms with Gasteiger partial charge in [-0.05, 0) is 20.0 Å². The number of nitrogens with zero attached hydrogens (tertiary/aromatic N) is 3. The van der Waals surface area contributed by atoms with Crippen LogP contribution >= 0.6 is 11.3 Å². The summed E-state index contributed by atoms with van der Waals surface area (Å²) < 4.78 is 1.88. The number of fused-ring (bicyclic) bond motifs is 1. The number of carbonyl (C=O) groups is 1. The summed E-state index contributed by atoms with van der Waals surface area (Å²) in [6.45, 7) is 9.84. The molecule has 0 radical (unpaired) electrons. The van der Waals surface area contributed by atoms with Crippen molar-refractivity contribution in [3.8, 4) is 11.3 Å². The Morgan fingerprint density at radius 3 is 2.64 bits per heavy atom. The third kappa shape index (κ3) is 3.91. The largest absolute Gasteiger partial charge is 0.349 e. The van der Waals surface area contributed by atoms with Gasteiger partial charge in [0.1, 0.15) is 5.69 Å². The molecule has 25 heavy (non-hydrogen) atoms. The quantitative estimate of drug-likeness (QED) is 0.705.